The SMILES string of the molecule is CNc1ccc(Oc2ccc(Nc3ncnc4ccc(N5CCC[C@H](C)C5)nc34)c(F)c2C)cc1N=N. The van der Waals surface area contributed by atoms with Crippen LogP contribution < -0.4 is 20.3 Å². The van der Waals surface area contributed by atoms with Gasteiger partial charge < -0.3 is 20.3 Å². The van der Waals surface area contributed by atoms with Gasteiger partial charge in [0.15, 0.2) is 11.6 Å². The molecule has 190 valence electrons. The highest BCUT2D eigenvalue weighted by atomic mass is 19.1. The number of aromatic nitrogens is 3. The van der Waals surface area contributed by atoms with Crippen molar-refractivity contribution in [3.05, 3.63) is 60.2 Å². The molecule has 3 heterocycles. The molecule has 0 amide bonds. The van der Waals surface area contributed by atoms with Gasteiger partial charge in [0.1, 0.15) is 34.8 Å². The van der Waals surface area contributed by atoms with Gasteiger partial charge in [0.25, 0.3) is 0 Å². The van der Waals surface area contributed by atoms with E-state index in [9.17, 15) is 0 Å². The Morgan fingerprint density at radius 3 is 2.76 bits per heavy atom. The Morgan fingerprint density at radius 2 is 1.97 bits per heavy atom. The topological polar surface area (TPSA) is 111 Å². The molecule has 1 aliphatic rings. The smallest absolute Gasteiger partial charge is 0.160 e. The van der Waals surface area contributed by atoms with Gasteiger partial charge in [0, 0.05) is 31.8 Å². The quantitative estimate of drug-likeness (QED) is 0.235. The number of ether oxygens (including phenoxy) is 1. The predicted octanol–water partition coefficient (Wildman–Crippen LogP) is 6.95. The van der Waals surface area contributed by atoms with Crippen molar-refractivity contribution in [3.8, 4) is 11.5 Å². The largest absolute Gasteiger partial charge is 0.457 e. The minimum absolute atomic E-state index is 0.260. The van der Waals surface area contributed by atoms with Crippen molar-refractivity contribution in [2.45, 2.75) is 26.7 Å². The number of halogens is 1. The van der Waals surface area contributed by atoms with Crippen molar-refractivity contribution >= 4 is 39.7 Å². The second kappa shape index (κ2) is 10.3. The van der Waals surface area contributed by atoms with E-state index in [0.717, 1.165) is 25.3 Å². The summed E-state index contributed by atoms with van der Waals surface area (Å²) in [6.07, 6.45) is 3.80. The van der Waals surface area contributed by atoms with Crippen molar-refractivity contribution in [3.63, 3.8) is 0 Å². The van der Waals surface area contributed by atoms with Crippen molar-refractivity contribution in [2.75, 3.05) is 35.7 Å². The van der Waals surface area contributed by atoms with Gasteiger partial charge in [0.2, 0.25) is 0 Å². The van der Waals surface area contributed by atoms with Crippen molar-refractivity contribution in [1.82, 2.24) is 15.0 Å². The molecule has 0 saturated carbocycles. The molecular weight excluding hydrogens is 471 g/mol. The number of hydrogen-bond donors (Lipinski definition) is 3. The van der Waals surface area contributed by atoms with E-state index in [4.69, 9.17) is 15.3 Å². The first kappa shape index (κ1) is 24.4. The first-order valence-corrected chi connectivity index (χ1v) is 12.3. The maximum atomic E-state index is 15.5. The van der Waals surface area contributed by atoms with Crippen LogP contribution in [0.2, 0.25) is 0 Å². The first-order chi connectivity index (χ1) is 18.0. The fraction of sp³-hybridized carbons (Fsp3) is 0.296. The van der Waals surface area contributed by atoms with Gasteiger partial charge in [-0.15, -0.1) is 0 Å². The lowest BCUT2D eigenvalue weighted by Crippen LogP contribution is -2.34. The van der Waals surface area contributed by atoms with Crippen LogP contribution >= 0.6 is 0 Å². The normalized spacial score (nSPS) is 15.5. The van der Waals surface area contributed by atoms with Crippen LogP contribution in [0, 0.1) is 24.2 Å². The summed E-state index contributed by atoms with van der Waals surface area (Å²) in [4.78, 5) is 15.8. The molecule has 0 aliphatic carbocycles. The predicted molar refractivity (Wildman–Crippen MR) is 143 cm³/mol. The zero-order valence-corrected chi connectivity index (χ0v) is 21.0. The fourth-order valence-electron chi connectivity index (χ4n) is 4.60. The molecule has 0 spiro atoms. The number of piperidine rings is 1. The van der Waals surface area contributed by atoms with Crippen LogP contribution in [0.4, 0.5) is 33.1 Å². The van der Waals surface area contributed by atoms with E-state index in [1.165, 1.54) is 12.7 Å². The molecule has 1 atom stereocenters. The lowest BCUT2D eigenvalue weighted by molar-refractivity contribution is 0.445. The molecule has 0 radical (unpaired) electrons. The molecule has 1 fully saturated rings. The number of pyridine rings is 1. The highest BCUT2D eigenvalue weighted by Crippen LogP contribution is 2.36. The van der Waals surface area contributed by atoms with Crippen LogP contribution in [0.3, 0.4) is 0 Å². The van der Waals surface area contributed by atoms with E-state index in [0.29, 0.717) is 51.2 Å². The van der Waals surface area contributed by atoms with E-state index < -0.39 is 5.82 Å². The third-order valence-corrected chi connectivity index (χ3v) is 6.62. The van der Waals surface area contributed by atoms with E-state index in [2.05, 4.69) is 37.5 Å². The molecule has 0 unspecified atom stereocenters. The van der Waals surface area contributed by atoms with Crippen molar-refractivity contribution < 1.29 is 9.13 Å². The highest BCUT2D eigenvalue weighted by molar-refractivity contribution is 5.88. The van der Waals surface area contributed by atoms with Crippen molar-refractivity contribution in [1.29, 1.82) is 5.53 Å². The molecule has 37 heavy (non-hydrogen) atoms. The summed E-state index contributed by atoms with van der Waals surface area (Å²) in [6.45, 7) is 5.82. The van der Waals surface area contributed by atoms with Gasteiger partial charge in [-0.1, -0.05) is 6.92 Å². The molecular formula is C27H29FN8O. The molecule has 10 heteroatoms. The van der Waals surface area contributed by atoms with Gasteiger partial charge >= 0.3 is 0 Å². The number of nitrogens with one attached hydrogen (secondary N) is 3. The minimum atomic E-state index is -0.456. The van der Waals surface area contributed by atoms with Gasteiger partial charge in [-0.2, -0.15) is 5.11 Å². The van der Waals surface area contributed by atoms with E-state index in [-0.39, 0.29) is 5.69 Å². The number of benzene rings is 2. The lowest BCUT2D eigenvalue weighted by Gasteiger charge is -2.32. The molecule has 0 bridgehead atoms. The van der Waals surface area contributed by atoms with Crippen LogP contribution in [0.1, 0.15) is 25.3 Å². The van der Waals surface area contributed by atoms with E-state index >= 15 is 4.39 Å². The molecule has 2 aromatic carbocycles. The van der Waals surface area contributed by atoms with Crippen LogP contribution in [-0.2, 0) is 0 Å². The summed E-state index contributed by atoms with van der Waals surface area (Å²) in [5.74, 6) is 2.29. The molecule has 5 rings (SSSR count). The van der Waals surface area contributed by atoms with Gasteiger partial charge in [-0.05, 0) is 62.1 Å². The standard InChI is InChI=1S/C27H29FN8O/c1-16-5-4-12-36(14-16)24-11-9-21-26(34-24)27(32-15-31-21)33-20-8-10-23(17(2)25(20)28)37-18-6-7-19(30-3)22(13-18)35-29/h6-11,13,15-16,29-30H,4-5,12,14H2,1-3H3,(H,31,32,33)/t16-/m0/s1. The van der Waals surface area contributed by atoms with Crippen LogP contribution in [0.15, 0.2) is 53.9 Å². The molecule has 4 aromatic rings. The van der Waals surface area contributed by atoms with Crippen LogP contribution in [0.5, 0.6) is 11.5 Å². The number of anilines is 4. The van der Waals surface area contributed by atoms with Gasteiger partial charge in [-0.25, -0.2) is 24.9 Å². The number of hydrogen-bond acceptors (Lipinski definition) is 9. The molecule has 2 aromatic heterocycles. The maximum absolute atomic E-state index is 15.5. The lowest BCUT2D eigenvalue weighted by atomic mass is 10.0. The highest BCUT2D eigenvalue weighted by Gasteiger charge is 2.19. The summed E-state index contributed by atoms with van der Waals surface area (Å²) in [5.41, 5.74) is 10.4. The molecule has 1 aliphatic heterocycles. The maximum Gasteiger partial charge on any atom is 0.160 e. The second-order valence-electron chi connectivity index (χ2n) is 9.27. The van der Waals surface area contributed by atoms with Gasteiger partial charge in [-0.3, -0.25) is 0 Å². The summed E-state index contributed by atoms with van der Waals surface area (Å²) in [5, 5.41) is 9.59. The first-order valence-electron chi connectivity index (χ1n) is 12.3. The van der Waals surface area contributed by atoms with E-state index in [1.54, 1.807) is 44.3 Å². The Hall–Kier alpha value is -4.34. The second-order valence-corrected chi connectivity index (χ2v) is 9.27. The summed E-state index contributed by atoms with van der Waals surface area (Å²) in [6, 6.07) is 12.3. The van der Waals surface area contributed by atoms with Crippen LogP contribution in [0.25, 0.3) is 11.0 Å². The van der Waals surface area contributed by atoms with Crippen molar-refractivity contribution in [2.24, 2.45) is 11.0 Å². The number of fused-ring (bicyclic) bond motifs is 1. The Kier molecular flexibility index (Phi) is 6.80. The van der Waals surface area contributed by atoms with E-state index in [1.807, 2.05) is 12.1 Å². The Bertz CT molecular complexity index is 1460. The Morgan fingerprint density at radius 1 is 1.14 bits per heavy atom. The zero-order valence-electron chi connectivity index (χ0n) is 21.0. The number of rotatable bonds is 7. The summed E-state index contributed by atoms with van der Waals surface area (Å²) >= 11 is 0. The average molecular weight is 501 g/mol. The Balaban J connectivity index is 1.42. The third kappa shape index (κ3) is 5.00. The fourth-order valence-corrected chi connectivity index (χ4v) is 4.60. The molecule has 3 N–H and O–H groups in total. The average Bonchev–Trinajstić information content (AvgIpc) is 2.92. The Labute approximate surface area is 214 Å². The summed E-state index contributed by atoms with van der Waals surface area (Å²) < 4.78 is 21.4. The molecule has 1 saturated heterocycles. The number of nitrogens with zero attached hydrogens (tertiary/aromatic N) is 5. The van der Waals surface area contributed by atoms with Crippen LogP contribution in [-0.4, -0.2) is 35.1 Å². The summed E-state index contributed by atoms with van der Waals surface area (Å²) in [7, 11) is 1.75. The minimum Gasteiger partial charge on any atom is -0.457 e. The molecule has 9 nitrogen and oxygen atoms in total. The monoisotopic (exact) mass is 500 g/mol. The van der Waals surface area contributed by atoms with Gasteiger partial charge in [0.05, 0.1) is 16.9 Å². The third-order valence-electron chi connectivity index (χ3n) is 6.62. The zero-order chi connectivity index (χ0) is 25.9.